The summed E-state index contributed by atoms with van der Waals surface area (Å²) in [6.45, 7) is 0. The van der Waals surface area contributed by atoms with Crippen LogP contribution in [0.2, 0.25) is 0 Å². The fourth-order valence-electron chi connectivity index (χ4n) is 2.63. The van der Waals surface area contributed by atoms with Crippen molar-refractivity contribution in [1.29, 1.82) is 0 Å². The number of nitrogens with zero attached hydrogens (tertiary/aromatic N) is 1. The van der Waals surface area contributed by atoms with Crippen molar-refractivity contribution in [3.05, 3.63) is 18.0 Å². The van der Waals surface area contributed by atoms with Gasteiger partial charge in [0.15, 0.2) is 0 Å². The Labute approximate surface area is 111 Å². The van der Waals surface area contributed by atoms with Crippen molar-refractivity contribution in [2.24, 2.45) is 5.92 Å². The lowest BCUT2D eigenvalue weighted by molar-refractivity contribution is -0.143. The van der Waals surface area contributed by atoms with Gasteiger partial charge in [0.25, 0.3) is 0 Å². The summed E-state index contributed by atoms with van der Waals surface area (Å²) in [7, 11) is 0. The smallest absolute Gasteiger partial charge is 0.326 e. The third-order valence-corrected chi connectivity index (χ3v) is 3.61. The highest BCUT2D eigenvalue weighted by atomic mass is 16.4. The average molecular weight is 265 g/mol. The van der Waals surface area contributed by atoms with Crippen LogP contribution in [-0.4, -0.2) is 33.2 Å². The van der Waals surface area contributed by atoms with Crippen LogP contribution < -0.4 is 5.32 Å². The number of H-pyrrole nitrogens is 1. The molecule has 1 atom stereocenters. The number of carboxylic acid groups (broad SMARTS) is 1. The van der Waals surface area contributed by atoms with Crippen LogP contribution in [0, 0.1) is 5.92 Å². The number of rotatable bonds is 5. The molecular formula is C13H19N3O3. The van der Waals surface area contributed by atoms with E-state index in [1.54, 1.807) is 12.3 Å². The van der Waals surface area contributed by atoms with E-state index in [1.165, 1.54) is 0 Å². The first-order valence-electron chi connectivity index (χ1n) is 6.67. The molecule has 3 N–H and O–H groups in total. The summed E-state index contributed by atoms with van der Waals surface area (Å²) >= 11 is 0. The molecule has 104 valence electrons. The van der Waals surface area contributed by atoms with Gasteiger partial charge >= 0.3 is 5.97 Å². The molecule has 1 unspecified atom stereocenters. The van der Waals surface area contributed by atoms with Gasteiger partial charge in [-0.25, -0.2) is 4.79 Å². The Balaban J connectivity index is 1.92. The highest BCUT2D eigenvalue weighted by Gasteiger charge is 2.30. The van der Waals surface area contributed by atoms with Crippen molar-refractivity contribution in [3.63, 3.8) is 0 Å². The molecule has 0 aliphatic heterocycles. The zero-order valence-corrected chi connectivity index (χ0v) is 10.8. The summed E-state index contributed by atoms with van der Waals surface area (Å²) in [5, 5.41) is 18.4. The van der Waals surface area contributed by atoms with E-state index in [2.05, 4.69) is 15.5 Å². The largest absolute Gasteiger partial charge is 0.480 e. The van der Waals surface area contributed by atoms with Gasteiger partial charge < -0.3 is 10.4 Å². The first kappa shape index (κ1) is 13.6. The van der Waals surface area contributed by atoms with Crippen molar-refractivity contribution in [1.82, 2.24) is 15.5 Å². The lowest BCUT2D eigenvalue weighted by atomic mass is 9.84. The number of nitrogens with one attached hydrogen (secondary N) is 2. The van der Waals surface area contributed by atoms with Crippen LogP contribution in [-0.2, 0) is 16.0 Å². The van der Waals surface area contributed by atoms with E-state index in [0.29, 0.717) is 5.69 Å². The molecule has 1 heterocycles. The SMILES string of the molecule is O=C(Cc1ccn[nH]1)NC(C(=O)O)C1CCCCC1. The molecular weight excluding hydrogens is 246 g/mol. The standard InChI is InChI=1S/C13H19N3O3/c17-11(8-10-6-7-14-16-10)15-12(13(18)19)9-4-2-1-3-5-9/h6-7,9,12H,1-5,8H2,(H,14,16)(H,15,17)(H,18,19). The molecule has 19 heavy (non-hydrogen) atoms. The van der Waals surface area contributed by atoms with Crippen molar-refractivity contribution in [2.75, 3.05) is 0 Å². The molecule has 1 saturated carbocycles. The molecule has 1 aromatic rings. The topological polar surface area (TPSA) is 95.1 Å². The molecule has 0 aromatic carbocycles. The van der Waals surface area contributed by atoms with Crippen molar-refractivity contribution in [2.45, 2.75) is 44.6 Å². The normalized spacial score (nSPS) is 17.9. The zero-order chi connectivity index (χ0) is 13.7. The highest BCUT2D eigenvalue weighted by molar-refractivity contribution is 5.84. The van der Waals surface area contributed by atoms with Crippen LogP contribution in [0.1, 0.15) is 37.8 Å². The van der Waals surface area contributed by atoms with Gasteiger partial charge in [0, 0.05) is 11.9 Å². The molecule has 1 aliphatic rings. The Morgan fingerprint density at radius 2 is 2.16 bits per heavy atom. The maximum Gasteiger partial charge on any atom is 0.326 e. The van der Waals surface area contributed by atoms with Gasteiger partial charge in [0.2, 0.25) is 5.91 Å². The van der Waals surface area contributed by atoms with Gasteiger partial charge in [-0.2, -0.15) is 5.10 Å². The van der Waals surface area contributed by atoms with Crippen LogP contribution in [0.4, 0.5) is 0 Å². The molecule has 2 rings (SSSR count). The molecule has 1 aromatic heterocycles. The summed E-state index contributed by atoms with van der Waals surface area (Å²) in [5.41, 5.74) is 0.685. The number of carbonyl (C=O) groups excluding carboxylic acids is 1. The number of aromatic nitrogens is 2. The van der Waals surface area contributed by atoms with E-state index in [1.807, 2.05) is 0 Å². The third-order valence-electron chi connectivity index (χ3n) is 3.61. The van der Waals surface area contributed by atoms with Gasteiger partial charge in [-0.1, -0.05) is 19.3 Å². The maximum atomic E-state index is 11.8. The number of hydrogen-bond donors (Lipinski definition) is 3. The van der Waals surface area contributed by atoms with E-state index in [0.717, 1.165) is 32.1 Å². The van der Waals surface area contributed by atoms with E-state index >= 15 is 0 Å². The molecule has 0 radical (unpaired) electrons. The molecule has 1 amide bonds. The Morgan fingerprint density at radius 1 is 1.42 bits per heavy atom. The number of amides is 1. The first-order chi connectivity index (χ1) is 9.16. The second kappa shape index (κ2) is 6.36. The van der Waals surface area contributed by atoms with Crippen LogP contribution in [0.5, 0.6) is 0 Å². The van der Waals surface area contributed by atoms with Crippen LogP contribution in [0.25, 0.3) is 0 Å². The van der Waals surface area contributed by atoms with Crippen molar-refractivity contribution >= 4 is 11.9 Å². The van der Waals surface area contributed by atoms with Gasteiger partial charge in [0.05, 0.1) is 6.42 Å². The summed E-state index contributed by atoms with van der Waals surface area (Å²) in [4.78, 5) is 23.1. The lowest BCUT2D eigenvalue weighted by Gasteiger charge is -2.27. The maximum absolute atomic E-state index is 11.8. The molecule has 0 bridgehead atoms. The number of aromatic amines is 1. The lowest BCUT2D eigenvalue weighted by Crippen LogP contribution is -2.47. The summed E-state index contributed by atoms with van der Waals surface area (Å²) in [6.07, 6.45) is 6.71. The number of carbonyl (C=O) groups is 2. The molecule has 0 spiro atoms. The van der Waals surface area contributed by atoms with Gasteiger partial charge in [0.1, 0.15) is 6.04 Å². The van der Waals surface area contributed by atoms with Crippen molar-refractivity contribution in [3.8, 4) is 0 Å². The first-order valence-corrected chi connectivity index (χ1v) is 6.67. The minimum absolute atomic E-state index is 0.0527. The van der Waals surface area contributed by atoms with E-state index in [-0.39, 0.29) is 18.2 Å². The zero-order valence-electron chi connectivity index (χ0n) is 10.8. The van der Waals surface area contributed by atoms with E-state index < -0.39 is 12.0 Å². The van der Waals surface area contributed by atoms with Gasteiger partial charge in [-0.05, 0) is 24.8 Å². The Bertz CT molecular complexity index is 424. The predicted molar refractivity (Wildman–Crippen MR) is 68.4 cm³/mol. The van der Waals surface area contributed by atoms with Crippen molar-refractivity contribution < 1.29 is 14.7 Å². The predicted octanol–water partition coefficient (Wildman–Crippen LogP) is 1.10. The number of carboxylic acids is 1. The Kier molecular flexibility index (Phi) is 4.54. The second-order valence-corrected chi connectivity index (χ2v) is 5.04. The van der Waals surface area contributed by atoms with E-state index in [9.17, 15) is 14.7 Å². The molecule has 1 aliphatic carbocycles. The second-order valence-electron chi connectivity index (χ2n) is 5.04. The van der Waals surface area contributed by atoms with Crippen LogP contribution in [0.3, 0.4) is 0 Å². The fraction of sp³-hybridized carbons (Fsp3) is 0.615. The fourth-order valence-corrected chi connectivity index (χ4v) is 2.63. The molecule has 6 nitrogen and oxygen atoms in total. The molecule has 6 heteroatoms. The van der Waals surface area contributed by atoms with Gasteiger partial charge in [-0.15, -0.1) is 0 Å². The van der Waals surface area contributed by atoms with Crippen LogP contribution in [0.15, 0.2) is 12.3 Å². The minimum atomic E-state index is -0.940. The average Bonchev–Trinajstić information content (AvgIpc) is 2.89. The van der Waals surface area contributed by atoms with E-state index in [4.69, 9.17) is 0 Å². The molecule has 1 fully saturated rings. The summed E-state index contributed by atoms with van der Waals surface area (Å²) in [5.74, 6) is -1.16. The highest BCUT2D eigenvalue weighted by Crippen LogP contribution is 2.26. The monoisotopic (exact) mass is 265 g/mol. The summed E-state index contributed by atoms with van der Waals surface area (Å²) < 4.78 is 0. The summed E-state index contributed by atoms with van der Waals surface area (Å²) in [6, 6.07) is 0.936. The Morgan fingerprint density at radius 3 is 2.74 bits per heavy atom. The quantitative estimate of drug-likeness (QED) is 0.743. The number of aliphatic carboxylic acids is 1. The Hall–Kier alpha value is -1.85. The van der Waals surface area contributed by atoms with Gasteiger partial charge in [-0.3, -0.25) is 9.89 Å². The minimum Gasteiger partial charge on any atom is -0.480 e. The molecule has 0 saturated heterocycles. The third kappa shape index (κ3) is 3.81. The van der Waals surface area contributed by atoms with Crippen LogP contribution >= 0.6 is 0 Å². The number of hydrogen-bond acceptors (Lipinski definition) is 3.